The SMILES string of the molecule is CC(C)CCN=C(N)NC1CC1c1cccc(Cl)c1.I. The molecule has 0 bridgehead atoms. The molecule has 0 heterocycles. The van der Waals surface area contributed by atoms with Gasteiger partial charge in [-0.1, -0.05) is 37.6 Å². The van der Waals surface area contributed by atoms with Gasteiger partial charge in [0.15, 0.2) is 5.96 Å². The highest BCUT2D eigenvalue weighted by Gasteiger charge is 2.38. The molecule has 2 rings (SSSR count). The highest BCUT2D eigenvalue weighted by Crippen LogP contribution is 2.41. The van der Waals surface area contributed by atoms with E-state index in [1.54, 1.807) is 0 Å². The Balaban J connectivity index is 0.00000200. The predicted molar refractivity (Wildman–Crippen MR) is 97.1 cm³/mol. The number of guanidine groups is 1. The Morgan fingerprint density at radius 3 is 2.90 bits per heavy atom. The minimum absolute atomic E-state index is 0. The summed E-state index contributed by atoms with van der Waals surface area (Å²) in [6.45, 7) is 5.18. The maximum atomic E-state index is 6.00. The molecule has 1 aliphatic rings. The lowest BCUT2D eigenvalue weighted by Gasteiger charge is -2.06. The van der Waals surface area contributed by atoms with E-state index in [0.29, 0.717) is 23.8 Å². The van der Waals surface area contributed by atoms with Gasteiger partial charge in [0, 0.05) is 23.5 Å². The van der Waals surface area contributed by atoms with Crippen LogP contribution in [-0.2, 0) is 0 Å². The summed E-state index contributed by atoms with van der Waals surface area (Å²) in [5, 5.41) is 4.07. The zero-order valence-corrected chi connectivity index (χ0v) is 15.1. The number of nitrogens with two attached hydrogens (primary N) is 1. The van der Waals surface area contributed by atoms with Crippen LogP contribution in [0.4, 0.5) is 0 Å². The van der Waals surface area contributed by atoms with Crippen LogP contribution < -0.4 is 11.1 Å². The summed E-state index contributed by atoms with van der Waals surface area (Å²) in [4.78, 5) is 4.35. The Morgan fingerprint density at radius 1 is 1.50 bits per heavy atom. The third kappa shape index (κ3) is 5.48. The molecule has 1 fully saturated rings. The average Bonchev–Trinajstić information content (AvgIpc) is 3.07. The Morgan fingerprint density at radius 2 is 2.25 bits per heavy atom. The molecule has 1 aromatic carbocycles. The van der Waals surface area contributed by atoms with Crippen molar-refractivity contribution in [3.05, 3.63) is 34.9 Å². The fourth-order valence-electron chi connectivity index (χ4n) is 2.14. The molecule has 112 valence electrons. The van der Waals surface area contributed by atoms with Gasteiger partial charge in [-0.15, -0.1) is 24.0 Å². The van der Waals surface area contributed by atoms with Crippen LogP contribution in [-0.4, -0.2) is 18.5 Å². The molecule has 5 heteroatoms. The lowest BCUT2D eigenvalue weighted by Crippen LogP contribution is -2.34. The smallest absolute Gasteiger partial charge is 0.188 e. The molecule has 2 atom stereocenters. The van der Waals surface area contributed by atoms with E-state index in [-0.39, 0.29) is 24.0 Å². The second-order valence-electron chi connectivity index (χ2n) is 5.60. The quantitative estimate of drug-likeness (QED) is 0.443. The molecule has 0 radical (unpaired) electrons. The van der Waals surface area contributed by atoms with Crippen molar-refractivity contribution < 1.29 is 0 Å². The third-order valence-corrected chi connectivity index (χ3v) is 3.62. The third-order valence-electron chi connectivity index (χ3n) is 3.39. The van der Waals surface area contributed by atoms with Gasteiger partial charge in [0.1, 0.15) is 0 Å². The normalized spacial score (nSPS) is 21.5. The van der Waals surface area contributed by atoms with Gasteiger partial charge >= 0.3 is 0 Å². The summed E-state index contributed by atoms with van der Waals surface area (Å²) >= 11 is 6.00. The molecule has 1 saturated carbocycles. The molecule has 1 aromatic rings. The highest BCUT2D eigenvalue weighted by molar-refractivity contribution is 14.0. The average molecular weight is 408 g/mol. The Kier molecular flexibility index (Phi) is 7.09. The van der Waals surface area contributed by atoms with Crippen molar-refractivity contribution in [2.45, 2.75) is 38.6 Å². The minimum Gasteiger partial charge on any atom is -0.370 e. The molecule has 0 aliphatic heterocycles. The maximum Gasteiger partial charge on any atom is 0.188 e. The molecule has 1 aliphatic carbocycles. The summed E-state index contributed by atoms with van der Waals surface area (Å²) in [5.74, 6) is 1.74. The molecule has 3 nitrogen and oxygen atoms in total. The highest BCUT2D eigenvalue weighted by atomic mass is 127. The molecular weight excluding hydrogens is 385 g/mol. The number of hydrogen-bond acceptors (Lipinski definition) is 1. The molecular formula is C15H23ClIN3. The summed E-state index contributed by atoms with van der Waals surface area (Å²) in [6, 6.07) is 8.44. The summed E-state index contributed by atoms with van der Waals surface area (Å²) in [5.41, 5.74) is 7.16. The number of halogens is 2. The van der Waals surface area contributed by atoms with Crippen LogP contribution >= 0.6 is 35.6 Å². The molecule has 0 aromatic heterocycles. The van der Waals surface area contributed by atoms with Crippen molar-refractivity contribution in [1.82, 2.24) is 5.32 Å². The Bertz CT molecular complexity index is 462. The Labute approximate surface area is 143 Å². The molecule has 0 amide bonds. The second kappa shape index (κ2) is 8.08. The van der Waals surface area contributed by atoms with Crippen LogP contribution in [0, 0.1) is 5.92 Å². The number of hydrogen-bond donors (Lipinski definition) is 2. The van der Waals surface area contributed by atoms with Crippen LogP contribution in [0.3, 0.4) is 0 Å². The van der Waals surface area contributed by atoms with Crippen LogP contribution in [0.5, 0.6) is 0 Å². The van der Waals surface area contributed by atoms with Crippen LogP contribution in [0.25, 0.3) is 0 Å². The van der Waals surface area contributed by atoms with Crippen LogP contribution in [0.1, 0.15) is 38.2 Å². The standard InChI is InChI=1S/C15H22ClN3.HI/c1-10(2)6-7-18-15(17)19-14-9-13(14)11-4-3-5-12(16)8-11;/h3-5,8,10,13-14H,6-7,9H2,1-2H3,(H3,17,18,19);1H. The van der Waals surface area contributed by atoms with E-state index in [1.165, 1.54) is 5.56 Å². The minimum atomic E-state index is 0. The number of nitrogens with zero attached hydrogens (tertiary/aromatic N) is 1. The first kappa shape index (κ1) is 17.6. The van der Waals surface area contributed by atoms with E-state index in [4.69, 9.17) is 17.3 Å². The van der Waals surface area contributed by atoms with E-state index in [1.807, 2.05) is 18.2 Å². The van der Waals surface area contributed by atoms with Gasteiger partial charge < -0.3 is 11.1 Å². The van der Waals surface area contributed by atoms with Crippen molar-refractivity contribution in [2.24, 2.45) is 16.6 Å². The number of benzene rings is 1. The molecule has 0 saturated heterocycles. The van der Waals surface area contributed by atoms with Crippen molar-refractivity contribution in [3.63, 3.8) is 0 Å². The number of rotatable bonds is 5. The van der Waals surface area contributed by atoms with Gasteiger partial charge in [-0.25, -0.2) is 0 Å². The molecule has 0 spiro atoms. The molecule has 20 heavy (non-hydrogen) atoms. The van der Waals surface area contributed by atoms with Gasteiger partial charge in [0.2, 0.25) is 0 Å². The molecule has 2 unspecified atom stereocenters. The largest absolute Gasteiger partial charge is 0.370 e. The summed E-state index contributed by atoms with van der Waals surface area (Å²) in [7, 11) is 0. The number of aliphatic imine (C=N–C) groups is 1. The zero-order valence-electron chi connectivity index (χ0n) is 12.0. The lowest BCUT2D eigenvalue weighted by atomic mass is 10.1. The fourth-order valence-corrected chi connectivity index (χ4v) is 2.34. The monoisotopic (exact) mass is 407 g/mol. The van der Waals surface area contributed by atoms with Crippen molar-refractivity contribution in [1.29, 1.82) is 0 Å². The zero-order chi connectivity index (χ0) is 13.8. The topological polar surface area (TPSA) is 50.4 Å². The fraction of sp³-hybridized carbons (Fsp3) is 0.533. The predicted octanol–water partition coefficient (Wildman–Crippen LogP) is 3.76. The summed E-state index contributed by atoms with van der Waals surface area (Å²) < 4.78 is 0. The Hall–Kier alpha value is -0.490. The van der Waals surface area contributed by atoms with Crippen molar-refractivity contribution >= 4 is 41.5 Å². The molecule has 3 N–H and O–H groups in total. The van der Waals surface area contributed by atoms with E-state index >= 15 is 0 Å². The maximum absolute atomic E-state index is 6.00. The van der Waals surface area contributed by atoms with Gasteiger partial charge in [0.25, 0.3) is 0 Å². The number of nitrogens with one attached hydrogen (secondary N) is 1. The van der Waals surface area contributed by atoms with Gasteiger partial charge in [-0.3, -0.25) is 4.99 Å². The van der Waals surface area contributed by atoms with E-state index in [9.17, 15) is 0 Å². The van der Waals surface area contributed by atoms with E-state index in [0.717, 1.165) is 24.4 Å². The van der Waals surface area contributed by atoms with Crippen molar-refractivity contribution in [2.75, 3.05) is 6.54 Å². The van der Waals surface area contributed by atoms with Crippen molar-refractivity contribution in [3.8, 4) is 0 Å². The van der Waals surface area contributed by atoms with Crippen LogP contribution in [0.15, 0.2) is 29.3 Å². The van der Waals surface area contributed by atoms with E-state index < -0.39 is 0 Å². The van der Waals surface area contributed by atoms with Gasteiger partial charge in [-0.2, -0.15) is 0 Å². The lowest BCUT2D eigenvalue weighted by molar-refractivity contribution is 0.595. The van der Waals surface area contributed by atoms with Crippen LogP contribution in [0.2, 0.25) is 5.02 Å². The first-order valence-electron chi connectivity index (χ1n) is 6.88. The first-order chi connectivity index (χ1) is 9.06. The first-order valence-corrected chi connectivity index (χ1v) is 7.26. The second-order valence-corrected chi connectivity index (χ2v) is 6.03. The van der Waals surface area contributed by atoms with E-state index in [2.05, 4.69) is 30.2 Å². The van der Waals surface area contributed by atoms with Gasteiger partial charge in [-0.05, 0) is 36.5 Å². The van der Waals surface area contributed by atoms with Gasteiger partial charge in [0.05, 0.1) is 0 Å². The summed E-state index contributed by atoms with van der Waals surface area (Å²) in [6.07, 6.45) is 2.17.